The van der Waals surface area contributed by atoms with Gasteiger partial charge in [0.1, 0.15) is 0 Å². The average Bonchev–Trinajstić information content (AvgIpc) is 3.27. The first-order valence-corrected chi connectivity index (χ1v) is 19.4. The summed E-state index contributed by atoms with van der Waals surface area (Å²) in [6.45, 7) is 15.3. The summed E-state index contributed by atoms with van der Waals surface area (Å²) in [7, 11) is -3.81. The number of nitrogens with one attached hydrogen (secondary N) is 2. The fraction of sp³-hybridized carbons (Fsp3) is 0.455. The largest absolute Gasteiger partial charge is 0.504 e. The molecule has 1 aliphatic rings. The lowest BCUT2D eigenvalue weighted by Crippen LogP contribution is -2.66. The molecule has 1 unspecified atom stereocenters. The maximum atomic E-state index is 12.8. The molecule has 0 radical (unpaired) electrons. The number of imide groups is 1. The van der Waals surface area contributed by atoms with Gasteiger partial charge in [0.15, 0.2) is 8.32 Å². The van der Waals surface area contributed by atoms with Crippen molar-refractivity contribution in [2.45, 2.75) is 76.7 Å². The summed E-state index contributed by atoms with van der Waals surface area (Å²) < 4.78 is 12.0. The quantitative estimate of drug-likeness (QED) is 0.141. The topological polar surface area (TPSA) is 96.9 Å². The average molecular weight is 609 g/mol. The van der Waals surface area contributed by atoms with E-state index in [4.69, 9.17) is 9.16 Å². The van der Waals surface area contributed by atoms with Crippen molar-refractivity contribution >= 4 is 38.9 Å². The zero-order chi connectivity index (χ0) is 31.2. The van der Waals surface area contributed by atoms with Gasteiger partial charge in [-0.05, 0) is 57.9 Å². The summed E-state index contributed by atoms with van der Waals surface area (Å²) >= 11 is 0. The minimum atomic E-state index is -2.74. The van der Waals surface area contributed by atoms with Gasteiger partial charge in [-0.3, -0.25) is 10.1 Å². The SMILES string of the molecule is CO/C=C/C(=O)NC(=O)N[C@@H]1C=C(CO[Si](c2ccccc2)(c2ccccc2)C(C)(C)C)CC1CC(C)(C)[Si](C)(C)O. The van der Waals surface area contributed by atoms with Gasteiger partial charge < -0.3 is 19.3 Å². The molecule has 2 atom stereocenters. The van der Waals surface area contributed by atoms with E-state index >= 15 is 0 Å². The van der Waals surface area contributed by atoms with Crippen LogP contribution < -0.4 is 21.0 Å². The molecule has 0 saturated heterocycles. The van der Waals surface area contributed by atoms with Crippen molar-refractivity contribution in [2.24, 2.45) is 5.92 Å². The highest BCUT2D eigenvalue weighted by Gasteiger charge is 2.50. The number of amides is 3. The summed E-state index contributed by atoms with van der Waals surface area (Å²) in [5, 5.41) is 7.32. The van der Waals surface area contributed by atoms with Crippen molar-refractivity contribution in [1.82, 2.24) is 10.6 Å². The second-order valence-electron chi connectivity index (χ2n) is 13.4. The molecular formula is C33H48N2O5Si2. The number of hydrogen-bond donors (Lipinski definition) is 3. The number of benzene rings is 2. The first-order valence-electron chi connectivity index (χ1n) is 14.6. The van der Waals surface area contributed by atoms with Crippen molar-refractivity contribution in [2.75, 3.05) is 13.7 Å². The fourth-order valence-electron chi connectivity index (χ4n) is 5.73. The van der Waals surface area contributed by atoms with E-state index in [9.17, 15) is 14.4 Å². The third-order valence-electron chi connectivity index (χ3n) is 8.66. The van der Waals surface area contributed by atoms with Gasteiger partial charge >= 0.3 is 6.03 Å². The van der Waals surface area contributed by atoms with Crippen molar-refractivity contribution in [3.63, 3.8) is 0 Å². The van der Waals surface area contributed by atoms with Gasteiger partial charge in [-0.15, -0.1) is 0 Å². The molecule has 3 amide bonds. The molecule has 42 heavy (non-hydrogen) atoms. The maximum Gasteiger partial charge on any atom is 0.322 e. The van der Waals surface area contributed by atoms with Gasteiger partial charge in [-0.2, -0.15) is 0 Å². The molecule has 0 aliphatic heterocycles. The molecule has 0 heterocycles. The molecular weight excluding hydrogens is 561 g/mol. The molecule has 0 bridgehead atoms. The van der Waals surface area contributed by atoms with Crippen LogP contribution in [0.2, 0.25) is 23.2 Å². The number of hydrogen-bond acceptors (Lipinski definition) is 5. The Bertz CT molecular complexity index is 1230. The van der Waals surface area contributed by atoms with E-state index in [0.717, 1.165) is 24.5 Å². The van der Waals surface area contributed by atoms with Crippen molar-refractivity contribution in [1.29, 1.82) is 0 Å². The van der Waals surface area contributed by atoms with Crippen LogP contribution in [0.5, 0.6) is 0 Å². The number of methoxy groups -OCH3 is 1. The first kappa shape index (κ1) is 33.5. The van der Waals surface area contributed by atoms with Gasteiger partial charge in [0.25, 0.3) is 14.2 Å². The van der Waals surface area contributed by atoms with Crippen molar-refractivity contribution < 1.29 is 23.5 Å². The molecule has 7 nitrogen and oxygen atoms in total. The van der Waals surface area contributed by atoms with Crippen LogP contribution in [0.1, 0.15) is 47.5 Å². The molecule has 0 fully saturated rings. The maximum absolute atomic E-state index is 12.8. The van der Waals surface area contributed by atoms with Crippen LogP contribution in [0.25, 0.3) is 0 Å². The van der Waals surface area contributed by atoms with Crippen LogP contribution >= 0.6 is 0 Å². The van der Waals surface area contributed by atoms with Crippen LogP contribution in [-0.4, -0.2) is 53.1 Å². The first-order chi connectivity index (χ1) is 19.6. The van der Waals surface area contributed by atoms with E-state index < -0.39 is 28.6 Å². The molecule has 0 spiro atoms. The van der Waals surface area contributed by atoms with Gasteiger partial charge in [0, 0.05) is 6.08 Å². The predicted octanol–water partition coefficient (Wildman–Crippen LogP) is 5.23. The number of rotatable bonds is 11. The van der Waals surface area contributed by atoms with E-state index in [0.29, 0.717) is 6.61 Å². The van der Waals surface area contributed by atoms with E-state index in [1.807, 2.05) is 25.2 Å². The summed E-state index contributed by atoms with van der Waals surface area (Å²) in [5.74, 6) is -0.514. The number of urea groups is 1. The fourth-order valence-corrected chi connectivity index (χ4v) is 11.0. The number of ether oxygens (including phenoxy) is 1. The Morgan fingerprint density at radius 3 is 2.00 bits per heavy atom. The van der Waals surface area contributed by atoms with Crippen LogP contribution in [0.4, 0.5) is 4.79 Å². The standard InChI is InChI=1S/C33H48N2O5Si2/c1-32(2,3)42(27-15-11-9-12-16-27,28-17-13-10-14-18-28)40-24-25-21-26(23-33(4,5)41(7,8)38)29(22-25)34-31(37)35-30(36)19-20-39-6/h9-20,22,26,29,38H,21,23-24H2,1-8H3,(H2,34,35,36,37)/b20-19+/t26?,29-/m1/s1. The van der Waals surface area contributed by atoms with E-state index in [2.05, 4.69) is 99.9 Å². The Kier molecular flexibility index (Phi) is 10.8. The Morgan fingerprint density at radius 1 is 0.976 bits per heavy atom. The van der Waals surface area contributed by atoms with Gasteiger partial charge in [-0.1, -0.05) is 101 Å². The summed E-state index contributed by atoms with van der Waals surface area (Å²) in [6, 6.07) is 20.2. The number of carbonyl (C=O) groups is 2. The van der Waals surface area contributed by atoms with E-state index in [1.165, 1.54) is 23.7 Å². The normalized spacial score (nSPS) is 18.1. The molecule has 2 aromatic carbocycles. The van der Waals surface area contributed by atoms with Gasteiger partial charge in [0.05, 0.1) is 26.0 Å². The Morgan fingerprint density at radius 2 is 1.52 bits per heavy atom. The molecule has 228 valence electrons. The molecule has 1 aliphatic carbocycles. The highest BCUT2D eigenvalue weighted by Crippen LogP contribution is 2.46. The van der Waals surface area contributed by atoms with E-state index in [1.54, 1.807) is 0 Å². The van der Waals surface area contributed by atoms with Crippen LogP contribution in [-0.2, 0) is 14.0 Å². The van der Waals surface area contributed by atoms with Crippen molar-refractivity contribution in [3.05, 3.63) is 84.7 Å². The Balaban J connectivity index is 1.93. The Hall–Kier alpha value is -2.99. The summed E-state index contributed by atoms with van der Waals surface area (Å²) in [6.07, 6.45) is 5.92. The third-order valence-corrected chi connectivity index (χ3v) is 17.2. The lowest BCUT2D eigenvalue weighted by atomic mass is 9.90. The van der Waals surface area contributed by atoms with E-state index in [-0.39, 0.29) is 22.0 Å². The highest BCUT2D eigenvalue weighted by atomic mass is 28.4. The van der Waals surface area contributed by atoms with Gasteiger partial charge in [0.2, 0.25) is 0 Å². The zero-order valence-corrected chi connectivity index (χ0v) is 28.4. The number of carbonyl (C=O) groups excluding carboxylic acids is 2. The lowest BCUT2D eigenvalue weighted by molar-refractivity contribution is -0.115. The summed E-state index contributed by atoms with van der Waals surface area (Å²) in [4.78, 5) is 35.9. The minimum absolute atomic E-state index is 0.0482. The monoisotopic (exact) mass is 608 g/mol. The second-order valence-corrected chi connectivity index (χ2v) is 22.2. The summed E-state index contributed by atoms with van der Waals surface area (Å²) in [5.41, 5.74) is 1.11. The lowest BCUT2D eigenvalue weighted by Gasteiger charge is -2.43. The van der Waals surface area contributed by atoms with Crippen LogP contribution in [0, 0.1) is 5.92 Å². The molecule has 2 aromatic rings. The Labute approximate surface area is 253 Å². The van der Waals surface area contributed by atoms with Crippen LogP contribution in [0.3, 0.4) is 0 Å². The third kappa shape index (κ3) is 7.89. The smallest absolute Gasteiger partial charge is 0.322 e. The molecule has 9 heteroatoms. The minimum Gasteiger partial charge on any atom is -0.504 e. The second kappa shape index (κ2) is 13.5. The molecule has 0 aromatic heterocycles. The van der Waals surface area contributed by atoms with Crippen LogP contribution in [0.15, 0.2) is 84.7 Å². The van der Waals surface area contributed by atoms with Gasteiger partial charge in [-0.25, -0.2) is 4.79 Å². The highest BCUT2D eigenvalue weighted by molar-refractivity contribution is 6.99. The molecule has 3 rings (SSSR count). The zero-order valence-electron chi connectivity index (χ0n) is 26.4. The predicted molar refractivity (Wildman–Crippen MR) is 175 cm³/mol. The molecule has 3 N–H and O–H groups in total. The molecule has 0 saturated carbocycles. The van der Waals surface area contributed by atoms with Crippen molar-refractivity contribution in [3.8, 4) is 0 Å².